The van der Waals surface area contributed by atoms with Crippen molar-refractivity contribution in [2.45, 2.75) is 12.8 Å². The van der Waals surface area contributed by atoms with Crippen LogP contribution in [-0.2, 0) is 0 Å². The van der Waals surface area contributed by atoms with Crippen LogP contribution in [-0.4, -0.2) is 54.1 Å². The van der Waals surface area contributed by atoms with Gasteiger partial charge in [0.25, 0.3) is 11.4 Å². The maximum atomic E-state index is 12.9. The highest BCUT2D eigenvalue weighted by molar-refractivity contribution is 6.07. The van der Waals surface area contributed by atoms with E-state index in [1.807, 2.05) is 49.5 Å². The molecule has 2 heterocycles. The van der Waals surface area contributed by atoms with Crippen molar-refractivity contribution >= 4 is 44.7 Å². The van der Waals surface area contributed by atoms with E-state index < -0.39 is 0 Å². The van der Waals surface area contributed by atoms with Crippen molar-refractivity contribution in [3.63, 3.8) is 0 Å². The van der Waals surface area contributed by atoms with Gasteiger partial charge in [0, 0.05) is 34.8 Å². The summed E-state index contributed by atoms with van der Waals surface area (Å²) >= 11 is 0. The molecular formula is C28H29N7O3. The third kappa shape index (κ3) is 5.40. The maximum Gasteiger partial charge on any atom is 0.460 e. The van der Waals surface area contributed by atoms with E-state index in [1.165, 1.54) is 0 Å². The van der Waals surface area contributed by atoms with Crippen molar-refractivity contribution in [1.82, 2.24) is 20.3 Å². The van der Waals surface area contributed by atoms with Gasteiger partial charge in [0.15, 0.2) is 5.52 Å². The zero-order valence-electron chi connectivity index (χ0n) is 21.1. The Hall–Kier alpha value is -4.57. The van der Waals surface area contributed by atoms with Crippen LogP contribution in [0.2, 0.25) is 0 Å². The molecule has 38 heavy (non-hydrogen) atoms. The van der Waals surface area contributed by atoms with Gasteiger partial charge in [0.1, 0.15) is 0 Å². The summed E-state index contributed by atoms with van der Waals surface area (Å²) in [5.41, 5.74) is 2.64. The summed E-state index contributed by atoms with van der Waals surface area (Å²) in [6.07, 6.45) is 1.55. The smallest absolute Gasteiger partial charge is 0.460 e. The molecule has 0 bridgehead atoms. The molecule has 194 valence electrons. The molecule has 2 aromatic heterocycles. The Kier molecular flexibility index (Phi) is 7.41. The molecule has 0 atom stereocenters. The van der Waals surface area contributed by atoms with Crippen LogP contribution in [0.5, 0.6) is 0 Å². The molecule has 0 aliphatic rings. The fraction of sp³-hybridized carbons (Fsp3) is 0.250. The van der Waals surface area contributed by atoms with Crippen molar-refractivity contribution in [3.8, 4) is 0 Å². The van der Waals surface area contributed by atoms with Crippen LogP contribution >= 0.6 is 0 Å². The van der Waals surface area contributed by atoms with E-state index in [-0.39, 0.29) is 22.9 Å². The van der Waals surface area contributed by atoms with Crippen LogP contribution in [0.4, 0.5) is 5.95 Å². The van der Waals surface area contributed by atoms with E-state index in [0.29, 0.717) is 33.7 Å². The molecule has 0 fully saturated rings. The van der Waals surface area contributed by atoms with Gasteiger partial charge < -0.3 is 20.6 Å². The number of rotatable bonds is 10. The van der Waals surface area contributed by atoms with Crippen LogP contribution in [0.25, 0.3) is 32.8 Å². The first kappa shape index (κ1) is 25.1. The number of para-hydroxylation sites is 4. The topological polar surface area (TPSA) is 124 Å². The molecule has 1 amide bonds. The first-order valence-electron chi connectivity index (χ1n) is 12.6. The quantitative estimate of drug-likeness (QED) is 0.128. The molecule has 0 saturated carbocycles. The second-order valence-electron chi connectivity index (χ2n) is 9.23. The van der Waals surface area contributed by atoms with Crippen molar-refractivity contribution in [3.05, 3.63) is 88.8 Å². The maximum absolute atomic E-state index is 12.9. The molecule has 5 aromatic rings. The molecular weight excluding hydrogens is 482 g/mol. The van der Waals surface area contributed by atoms with Crippen LogP contribution in [0.3, 0.4) is 0 Å². The lowest BCUT2D eigenvalue weighted by molar-refractivity contribution is -0.672. The molecule has 0 aliphatic heterocycles. The summed E-state index contributed by atoms with van der Waals surface area (Å²) in [6, 6.07) is 22.2. The van der Waals surface area contributed by atoms with Crippen molar-refractivity contribution in [2.24, 2.45) is 0 Å². The highest BCUT2D eigenvalue weighted by Gasteiger charge is 2.19. The zero-order valence-corrected chi connectivity index (χ0v) is 21.1. The standard InChI is InChI=1S/C28H29N7O3/c1-33(18-8-16-30-28-32-35(38)25-14-5-4-13-24(25)34(28)37)17-7-15-29-27(36)22-11-6-10-21-19-20-9-2-3-12-23(20)31-26(21)22/h2-6,9-14,19H,7-8,15-18H2,1H3,(H,29,36)(H,30,32). The van der Waals surface area contributed by atoms with E-state index in [2.05, 4.69) is 26.7 Å². The van der Waals surface area contributed by atoms with E-state index in [4.69, 9.17) is 4.98 Å². The average Bonchev–Trinajstić information content (AvgIpc) is 2.94. The Morgan fingerprint density at radius 3 is 2.45 bits per heavy atom. The Labute approximate surface area is 219 Å². The molecule has 2 N–H and O–H groups in total. The number of carbonyl (C=O) groups excluding carboxylic acids is 1. The largest absolute Gasteiger partial charge is 0.739 e. The van der Waals surface area contributed by atoms with Crippen LogP contribution in [0, 0.1) is 10.4 Å². The second kappa shape index (κ2) is 11.2. The third-order valence-corrected chi connectivity index (χ3v) is 6.48. The minimum atomic E-state index is -0.130. The number of hydrogen-bond donors (Lipinski definition) is 2. The summed E-state index contributed by atoms with van der Waals surface area (Å²) in [7, 11) is 2.01. The minimum absolute atomic E-state index is 0.0139. The van der Waals surface area contributed by atoms with Gasteiger partial charge in [-0.25, -0.2) is 9.71 Å². The van der Waals surface area contributed by atoms with Crippen molar-refractivity contribution in [1.29, 1.82) is 0 Å². The lowest BCUT2D eigenvalue weighted by atomic mass is 10.1. The number of benzene rings is 3. The highest BCUT2D eigenvalue weighted by atomic mass is 16.5. The number of amides is 1. The van der Waals surface area contributed by atoms with Crippen molar-refractivity contribution in [2.75, 3.05) is 38.5 Å². The van der Waals surface area contributed by atoms with Gasteiger partial charge in [-0.2, -0.15) is 0 Å². The van der Waals surface area contributed by atoms with Gasteiger partial charge in [-0.3, -0.25) is 10.1 Å². The molecule has 0 unspecified atom stereocenters. The molecule has 0 aliphatic carbocycles. The van der Waals surface area contributed by atoms with E-state index in [9.17, 15) is 15.2 Å². The number of pyridine rings is 1. The summed E-state index contributed by atoms with van der Waals surface area (Å²) < 4.78 is 0.643. The molecule has 10 heteroatoms. The highest BCUT2D eigenvalue weighted by Crippen LogP contribution is 2.22. The first-order chi connectivity index (χ1) is 18.5. The van der Waals surface area contributed by atoms with Gasteiger partial charge in [0.05, 0.1) is 23.1 Å². The van der Waals surface area contributed by atoms with Gasteiger partial charge >= 0.3 is 5.95 Å². The SMILES string of the molecule is CN(CCCNC(=O)c1cccc2cc3ccccc3nc12)CCCNc1n[n+]([O-])c2ccccc2[n+]1[O-]. The molecule has 10 nitrogen and oxygen atoms in total. The van der Waals surface area contributed by atoms with E-state index in [0.717, 1.165) is 42.2 Å². The Morgan fingerprint density at radius 1 is 0.895 bits per heavy atom. The minimum Gasteiger partial charge on any atom is -0.739 e. The number of nitrogens with zero attached hydrogens (tertiary/aromatic N) is 5. The molecule has 5 rings (SSSR count). The summed E-state index contributed by atoms with van der Waals surface area (Å²) in [5, 5.41) is 36.3. The Bertz CT molecular complexity index is 1610. The summed E-state index contributed by atoms with van der Waals surface area (Å²) in [4.78, 5) is 20.2. The lowest BCUT2D eigenvalue weighted by Crippen LogP contribution is -2.44. The first-order valence-corrected chi connectivity index (χ1v) is 12.6. The van der Waals surface area contributed by atoms with Gasteiger partial charge in [-0.1, -0.05) is 42.5 Å². The molecule has 0 spiro atoms. The normalized spacial score (nSPS) is 11.4. The van der Waals surface area contributed by atoms with Gasteiger partial charge in [-0.15, -0.1) is 0 Å². The monoisotopic (exact) mass is 511 g/mol. The van der Waals surface area contributed by atoms with Crippen molar-refractivity contribution < 1.29 is 14.4 Å². The van der Waals surface area contributed by atoms with E-state index in [1.54, 1.807) is 24.3 Å². The number of hydrogen-bond acceptors (Lipinski definition) is 7. The van der Waals surface area contributed by atoms with E-state index >= 15 is 0 Å². The predicted molar refractivity (Wildman–Crippen MR) is 146 cm³/mol. The fourth-order valence-corrected chi connectivity index (χ4v) is 4.49. The number of carbonyl (C=O) groups is 1. The van der Waals surface area contributed by atoms with Gasteiger partial charge in [0.2, 0.25) is 5.10 Å². The number of fused-ring (bicyclic) bond motifs is 3. The number of nitrogens with one attached hydrogen (secondary N) is 2. The predicted octanol–water partition coefficient (Wildman–Crippen LogP) is 2.76. The summed E-state index contributed by atoms with van der Waals surface area (Å²) in [5.74, 6) is -0.144. The zero-order chi connectivity index (χ0) is 26.5. The lowest BCUT2D eigenvalue weighted by Gasteiger charge is -2.16. The van der Waals surface area contributed by atoms with Crippen LogP contribution in [0.1, 0.15) is 23.2 Å². The second-order valence-corrected chi connectivity index (χ2v) is 9.23. The van der Waals surface area contributed by atoms with Crippen LogP contribution < -0.4 is 20.2 Å². The van der Waals surface area contributed by atoms with Gasteiger partial charge in [-0.05, 0) is 50.7 Å². The number of aromatic nitrogens is 4. The Balaban J connectivity index is 1.07. The number of anilines is 1. The summed E-state index contributed by atoms with van der Waals surface area (Å²) in [6.45, 7) is 2.63. The molecule has 0 saturated heterocycles. The molecule has 3 aromatic carbocycles. The molecule has 0 radical (unpaired) electrons. The third-order valence-electron chi connectivity index (χ3n) is 6.48. The Morgan fingerprint density at radius 2 is 1.61 bits per heavy atom. The fourth-order valence-electron chi connectivity index (χ4n) is 4.49. The average molecular weight is 512 g/mol. The van der Waals surface area contributed by atoms with Crippen LogP contribution in [0.15, 0.2) is 72.8 Å².